The van der Waals surface area contributed by atoms with Crippen molar-refractivity contribution in [2.45, 2.75) is 6.18 Å². The average Bonchev–Trinajstić information content (AvgIpc) is 2.81. The van der Waals surface area contributed by atoms with Crippen LogP contribution in [-0.4, -0.2) is 19.9 Å². The van der Waals surface area contributed by atoms with Crippen LogP contribution in [0, 0.1) is 0 Å². The molecule has 2 aromatic heterocycles. The van der Waals surface area contributed by atoms with Gasteiger partial charge in [0, 0.05) is 5.56 Å². The van der Waals surface area contributed by atoms with Crippen molar-refractivity contribution in [2.24, 2.45) is 0 Å². The summed E-state index contributed by atoms with van der Waals surface area (Å²) in [5.74, 6) is -0.148. The van der Waals surface area contributed by atoms with Crippen molar-refractivity contribution >= 4 is 11.2 Å². The van der Waals surface area contributed by atoms with Crippen LogP contribution in [0.1, 0.15) is 5.56 Å². The van der Waals surface area contributed by atoms with Gasteiger partial charge in [0.2, 0.25) is 0 Å². The Morgan fingerprint density at radius 3 is 2.43 bits per heavy atom. The number of H-pyrrole nitrogens is 3. The molecule has 108 valence electrons. The molecule has 21 heavy (non-hydrogen) atoms. The Hall–Kier alpha value is -2.84. The number of hydrogen-bond acceptors (Lipinski definition) is 3. The first-order chi connectivity index (χ1) is 9.86. The van der Waals surface area contributed by atoms with Gasteiger partial charge in [-0.25, -0.2) is 9.78 Å². The highest BCUT2D eigenvalue weighted by atomic mass is 19.4. The van der Waals surface area contributed by atoms with Crippen molar-refractivity contribution in [2.75, 3.05) is 0 Å². The zero-order chi connectivity index (χ0) is 15.2. The number of nitrogens with one attached hydrogen (secondary N) is 3. The third-order valence-electron chi connectivity index (χ3n) is 2.88. The van der Waals surface area contributed by atoms with Gasteiger partial charge in [0.25, 0.3) is 5.56 Å². The van der Waals surface area contributed by atoms with Crippen molar-refractivity contribution in [3.8, 4) is 11.4 Å². The van der Waals surface area contributed by atoms with Crippen molar-refractivity contribution in [1.29, 1.82) is 0 Å². The number of alkyl halides is 3. The summed E-state index contributed by atoms with van der Waals surface area (Å²) in [5.41, 5.74) is -2.83. The molecule has 0 aliphatic carbocycles. The lowest BCUT2D eigenvalue weighted by Gasteiger charge is -2.10. The van der Waals surface area contributed by atoms with Crippen LogP contribution >= 0.6 is 0 Å². The largest absolute Gasteiger partial charge is 0.417 e. The predicted octanol–water partition coefficient (Wildman–Crippen LogP) is 1.63. The molecule has 0 radical (unpaired) electrons. The Kier molecular flexibility index (Phi) is 2.71. The molecule has 0 spiro atoms. The number of rotatable bonds is 1. The highest BCUT2D eigenvalue weighted by Gasteiger charge is 2.34. The van der Waals surface area contributed by atoms with Crippen molar-refractivity contribution in [1.82, 2.24) is 19.9 Å². The standard InChI is InChI=1S/C12H7F3N4O2/c13-12(14,15)6-4-2-1-3-5(6)8-16-7-9(17-8)18-11(21)19-10(7)20/h1-4H,(H3,16,17,18,19,20,21). The lowest BCUT2D eigenvalue weighted by Crippen LogP contribution is -2.21. The highest BCUT2D eigenvalue weighted by molar-refractivity contribution is 5.75. The van der Waals surface area contributed by atoms with E-state index in [9.17, 15) is 22.8 Å². The van der Waals surface area contributed by atoms with Crippen LogP contribution in [0.25, 0.3) is 22.6 Å². The van der Waals surface area contributed by atoms with Crippen LogP contribution in [0.15, 0.2) is 33.9 Å². The van der Waals surface area contributed by atoms with Gasteiger partial charge in [-0.1, -0.05) is 18.2 Å². The quantitative estimate of drug-likeness (QED) is 0.637. The average molecular weight is 296 g/mol. The first-order valence-corrected chi connectivity index (χ1v) is 5.75. The molecule has 3 rings (SSSR count). The molecule has 0 amide bonds. The molecule has 0 unspecified atom stereocenters. The smallest absolute Gasteiger partial charge is 0.332 e. The number of nitrogens with zero attached hydrogens (tertiary/aromatic N) is 1. The predicted molar refractivity (Wildman–Crippen MR) is 67.8 cm³/mol. The number of aromatic nitrogens is 4. The zero-order valence-corrected chi connectivity index (χ0v) is 10.2. The monoisotopic (exact) mass is 296 g/mol. The SMILES string of the molecule is O=c1[nH]c(=O)c2[nH]c(-c3ccccc3C(F)(F)F)nc2[nH]1. The molecule has 1 aromatic carbocycles. The molecule has 0 aliphatic heterocycles. The summed E-state index contributed by atoms with van der Waals surface area (Å²) in [5, 5.41) is 0. The Morgan fingerprint density at radius 1 is 1.00 bits per heavy atom. The maximum absolute atomic E-state index is 13.0. The topological polar surface area (TPSA) is 94.4 Å². The van der Waals surface area contributed by atoms with Gasteiger partial charge in [-0.15, -0.1) is 0 Å². The molecule has 0 saturated heterocycles. The van der Waals surface area contributed by atoms with E-state index < -0.39 is 23.0 Å². The summed E-state index contributed by atoms with van der Waals surface area (Å²) in [7, 11) is 0. The zero-order valence-electron chi connectivity index (χ0n) is 10.2. The molecule has 9 heteroatoms. The summed E-state index contributed by atoms with van der Waals surface area (Å²) in [6.07, 6.45) is -4.56. The van der Waals surface area contributed by atoms with Gasteiger partial charge in [-0.2, -0.15) is 13.2 Å². The van der Waals surface area contributed by atoms with Crippen LogP contribution in [0.2, 0.25) is 0 Å². The number of halogens is 3. The van der Waals surface area contributed by atoms with E-state index >= 15 is 0 Å². The summed E-state index contributed by atoms with van der Waals surface area (Å²) < 4.78 is 38.9. The van der Waals surface area contributed by atoms with E-state index in [-0.39, 0.29) is 22.6 Å². The lowest BCUT2D eigenvalue weighted by molar-refractivity contribution is -0.137. The molecule has 0 saturated carbocycles. The minimum atomic E-state index is -4.56. The summed E-state index contributed by atoms with van der Waals surface area (Å²) in [4.78, 5) is 33.2. The molecule has 0 fully saturated rings. The van der Waals surface area contributed by atoms with Gasteiger partial charge in [0.05, 0.1) is 5.56 Å². The van der Waals surface area contributed by atoms with Crippen LogP contribution in [-0.2, 0) is 6.18 Å². The molecule has 2 heterocycles. The fraction of sp³-hybridized carbons (Fsp3) is 0.0833. The van der Waals surface area contributed by atoms with Gasteiger partial charge in [-0.3, -0.25) is 14.8 Å². The highest BCUT2D eigenvalue weighted by Crippen LogP contribution is 2.35. The lowest BCUT2D eigenvalue weighted by atomic mass is 10.1. The van der Waals surface area contributed by atoms with Crippen LogP contribution in [0.3, 0.4) is 0 Å². The van der Waals surface area contributed by atoms with E-state index in [1.165, 1.54) is 18.2 Å². The fourth-order valence-corrected chi connectivity index (χ4v) is 2.00. The maximum atomic E-state index is 13.0. The summed E-state index contributed by atoms with van der Waals surface area (Å²) in [6.45, 7) is 0. The first-order valence-electron chi connectivity index (χ1n) is 5.75. The van der Waals surface area contributed by atoms with Gasteiger partial charge < -0.3 is 4.98 Å². The Balaban J connectivity index is 2.30. The van der Waals surface area contributed by atoms with E-state index in [2.05, 4.69) is 15.0 Å². The van der Waals surface area contributed by atoms with E-state index in [1.54, 1.807) is 0 Å². The number of fused-ring (bicyclic) bond motifs is 1. The third-order valence-corrected chi connectivity index (χ3v) is 2.88. The number of benzene rings is 1. The Morgan fingerprint density at radius 2 is 1.71 bits per heavy atom. The second kappa shape index (κ2) is 4.33. The molecule has 6 nitrogen and oxygen atoms in total. The maximum Gasteiger partial charge on any atom is 0.417 e. The number of aromatic amines is 3. The minimum Gasteiger partial charge on any atom is -0.332 e. The second-order valence-corrected chi connectivity index (χ2v) is 4.26. The molecule has 0 atom stereocenters. The van der Waals surface area contributed by atoms with E-state index in [0.717, 1.165) is 6.07 Å². The van der Waals surface area contributed by atoms with Gasteiger partial charge >= 0.3 is 11.9 Å². The molecule has 0 aliphatic rings. The molecular formula is C12H7F3N4O2. The van der Waals surface area contributed by atoms with Gasteiger partial charge in [0.1, 0.15) is 11.3 Å². The normalized spacial score (nSPS) is 12.0. The van der Waals surface area contributed by atoms with Gasteiger partial charge in [0.15, 0.2) is 5.65 Å². The second-order valence-electron chi connectivity index (χ2n) is 4.26. The van der Waals surface area contributed by atoms with Crippen LogP contribution < -0.4 is 11.2 Å². The summed E-state index contributed by atoms with van der Waals surface area (Å²) >= 11 is 0. The molecular weight excluding hydrogens is 289 g/mol. The van der Waals surface area contributed by atoms with Gasteiger partial charge in [-0.05, 0) is 6.07 Å². The Labute approximate surface area is 113 Å². The fourth-order valence-electron chi connectivity index (χ4n) is 2.00. The Bertz CT molecular complexity index is 936. The number of hydrogen-bond donors (Lipinski definition) is 3. The minimum absolute atomic E-state index is 0.0958. The van der Waals surface area contributed by atoms with E-state index in [4.69, 9.17) is 0 Å². The first kappa shape index (κ1) is 13.2. The van der Waals surface area contributed by atoms with Crippen molar-refractivity contribution < 1.29 is 13.2 Å². The van der Waals surface area contributed by atoms with E-state index in [0.29, 0.717) is 0 Å². The molecule has 3 N–H and O–H groups in total. The van der Waals surface area contributed by atoms with Crippen LogP contribution in [0.5, 0.6) is 0 Å². The summed E-state index contributed by atoms with van der Waals surface area (Å²) in [6, 6.07) is 4.82. The number of imidazole rings is 1. The van der Waals surface area contributed by atoms with E-state index in [1.807, 2.05) is 4.98 Å². The third kappa shape index (κ3) is 2.22. The van der Waals surface area contributed by atoms with Crippen LogP contribution in [0.4, 0.5) is 13.2 Å². The molecule has 3 aromatic rings. The van der Waals surface area contributed by atoms with Crippen molar-refractivity contribution in [3.05, 3.63) is 50.7 Å². The van der Waals surface area contributed by atoms with Crippen molar-refractivity contribution in [3.63, 3.8) is 0 Å². The molecule has 0 bridgehead atoms.